The predicted molar refractivity (Wildman–Crippen MR) is 142 cm³/mol. The Morgan fingerprint density at radius 2 is 1.45 bits per heavy atom. The monoisotopic (exact) mass is 588 g/mol. The Labute approximate surface area is 237 Å². The summed E-state index contributed by atoms with van der Waals surface area (Å²) >= 11 is 1.89. The number of carbonyl (C=O) groups is 5. The van der Waals surface area contributed by atoms with Gasteiger partial charge in [-0.15, -0.1) is 5.06 Å². The Hall–Kier alpha value is -2.46. The molecular formula is C25H40N4O10S. The lowest BCUT2D eigenvalue weighted by Gasteiger charge is -2.16. The Kier molecular flexibility index (Phi) is 14.5. The number of ether oxygens (including phenoxy) is 4. The Morgan fingerprint density at radius 1 is 0.825 bits per heavy atom. The number of nitrogens with one attached hydrogen (secondary N) is 3. The van der Waals surface area contributed by atoms with Gasteiger partial charge in [0.2, 0.25) is 5.91 Å². The van der Waals surface area contributed by atoms with Gasteiger partial charge in [-0.05, 0) is 12.8 Å². The minimum absolute atomic E-state index is 0.0174. The van der Waals surface area contributed by atoms with Crippen molar-refractivity contribution >= 4 is 41.5 Å². The molecule has 3 aliphatic heterocycles. The minimum atomic E-state index is -0.703. The van der Waals surface area contributed by atoms with Crippen LogP contribution in [0.3, 0.4) is 0 Å². The van der Waals surface area contributed by atoms with E-state index in [0.29, 0.717) is 62.9 Å². The maximum absolute atomic E-state index is 12.0. The van der Waals surface area contributed by atoms with Crippen molar-refractivity contribution < 1.29 is 47.8 Å². The topological polar surface area (TPSA) is 171 Å². The number of hydrogen-bond donors (Lipinski definition) is 3. The zero-order chi connectivity index (χ0) is 28.6. The van der Waals surface area contributed by atoms with Crippen molar-refractivity contribution in [3.05, 3.63) is 0 Å². The molecule has 14 nitrogen and oxygen atoms in total. The number of carbonyl (C=O) groups excluding carboxylic acids is 5. The van der Waals surface area contributed by atoms with E-state index in [9.17, 15) is 24.0 Å². The van der Waals surface area contributed by atoms with Gasteiger partial charge < -0.3 is 39.7 Å². The van der Waals surface area contributed by atoms with Crippen molar-refractivity contribution in [1.29, 1.82) is 0 Å². The molecule has 0 radical (unpaired) electrons. The first-order valence-electron chi connectivity index (χ1n) is 13.8. The molecule has 3 fully saturated rings. The SMILES string of the molecule is O=C(CCCC[C@@H]1SC[C@H]2NC(=O)N[C@@H]12)NCCOCCOCCOCCOCCC(=O)ON1C(=O)CCC1=O. The van der Waals surface area contributed by atoms with E-state index in [1.165, 1.54) is 0 Å². The highest BCUT2D eigenvalue weighted by atomic mass is 32.2. The van der Waals surface area contributed by atoms with E-state index in [1.807, 2.05) is 11.8 Å². The van der Waals surface area contributed by atoms with Crippen LogP contribution in [0.25, 0.3) is 0 Å². The van der Waals surface area contributed by atoms with Crippen molar-refractivity contribution in [3.8, 4) is 0 Å². The number of urea groups is 1. The molecule has 0 saturated carbocycles. The first-order chi connectivity index (χ1) is 19.4. The number of thioether (sulfide) groups is 1. The van der Waals surface area contributed by atoms with Gasteiger partial charge in [0.15, 0.2) is 0 Å². The molecule has 5 amide bonds. The fourth-order valence-corrected chi connectivity index (χ4v) is 5.89. The van der Waals surface area contributed by atoms with Crippen LogP contribution in [-0.4, -0.2) is 117 Å². The van der Waals surface area contributed by atoms with E-state index in [-0.39, 0.29) is 56.5 Å². The lowest BCUT2D eigenvalue weighted by atomic mass is 10.0. The molecule has 0 spiro atoms. The van der Waals surface area contributed by atoms with Crippen LogP contribution in [0.2, 0.25) is 0 Å². The van der Waals surface area contributed by atoms with E-state index >= 15 is 0 Å². The largest absolute Gasteiger partial charge is 0.378 e. The molecular weight excluding hydrogens is 548 g/mol. The maximum atomic E-state index is 12.0. The van der Waals surface area contributed by atoms with Crippen LogP contribution in [0.1, 0.15) is 44.9 Å². The number of hydroxylamine groups is 2. The summed E-state index contributed by atoms with van der Waals surface area (Å²) in [5.41, 5.74) is 0. The molecule has 0 unspecified atom stereocenters. The van der Waals surface area contributed by atoms with Crippen LogP contribution in [-0.2, 0) is 43.0 Å². The van der Waals surface area contributed by atoms with E-state index in [1.54, 1.807) is 0 Å². The van der Waals surface area contributed by atoms with Gasteiger partial charge in [-0.2, -0.15) is 11.8 Å². The molecule has 3 N–H and O–H groups in total. The summed E-state index contributed by atoms with van der Waals surface area (Å²) in [6.45, 7) is 3.17. The lowest BCUT2D eigenvalue weighted by molar-refractivity contribution is -0.198. The second-order valence-electron chi connectivity index (χ2n) is 9.46. The van der Waals surface area contributed by atoms with Gasteiger partial charge in [0, 0.05) is 36.8 Å². The average molecular weight is 589 g/mol. The molecule has 3 rings (SSSR count). The maximum Gasteiger partial charge on any atom is 0.335 e. The van der Waals surface area contributed by atoms with E-state index in [2.05, 4.69) is 16.0 Å². The minimum Gasteiger partial charge on any atom is -0.378 e. The highest BCUT2D eigenvalue weighted by molar-refractivity contribution is 8.00. The van der Waals surface area contributed by atoms with E-state index < -0.39 is 17.8 Å². The Bertz CT molecular complexity index is 847. The predicted octanol–water partition coefficient (Wildman–Crippen LogP) is -0.108. The summed E-state index contributed by atoms with van der Waals surface area (Å²) in [4.78, 5) is 62.5. The molecule has 3 heterocycles. The molecule has 15 heteroatoms. The fourth-order valence-electron chi connectivity index (χ4n) is 4.35. The summed E-state index contributed by atoms with van der Waals surface area (Å²) in [5, 5.41) is 9.71. The molecule has 0 aromatic heterocycles. The normalized spacial score (nSPS) is 21.9. The van der Waals surface area contributed by atoms with Crippen molar-refractivity contribution in [1.82, 2.24) is 21.0 Å². The second kappa shape index (κ2) is 18.1. The quantitative estimate of drug-likeness (QED) is 0.0929. The number of imide groups is 1. The zero-order valence-electron chi connectivity index (χ0n) is 22.7. The molecule has 226 valence electrons. The molecule has 0 aliphatic carbocycles. The number of unbranched alkanes of at least 4 members (excludes halogenated alkanes) is 1. The van der Waals surface area contributed by atoms with Gasteiger partial charge in [-0.25, -0.2) is 9.59 Å². The van der Waals surface area contributed by atoms with E-state index in [0.717, 1.165) is 25.0 Å². The summed E-state index contributed by atoms with van der Waals surface area (Å²) in [6, 6.07) is 0.372. The number of fused-ring (bicyclic) bond motifs is 1. The highest BCUT2D eigenvalue weighted by Crippen LogP contribution is 2.33. The molecule has 0 aromatic carbocycles. The van der Waals surface area contributed by atoms with Crippen LogP contribution >= 0.6 is 11.8 Å². The van der Waals surface area contributed by atoms with Crippen molar-refractivity contribution in [2.45, 2.75) is 62.3 Å². The summed E-state index contributed by atoms with van der Waals surface area (Å²) < 4.78 is 21.5. The molecule has 40 heavy (non-hydrogen) atoms. The third kappa shape index (κ3) is 11.6. The number of amides is 5. The summed E-state index contributed by atoms with van der Waals surface area (Å²) in [7, 11) is 0. The average Bonchev–Trinajstić information content (AvgIpc) is 3.58. The van der Waals surface area contributed by atoms with Crippen LogP contribution in [0.15, 0.2) is 0 Å². The van der Waals surface area contributed by atoms with Crippen LogP contribution in [0.5, 0.6) is 0 Å². The van der Waals surface area contributed by atoms with Crippen LogP contribution in [0, 0.1) is 0 Å². The Morgan fingerprint density at radius 3 is 2.12 bits per heavy atom. The van der Waals surface area contributed by atoms with Crippen LogP contribution < -0.4 is 16.0 Å². The third-order valence-electron chi connectivity index (χ3n) is 6.41. The molecule has 3 saturated heterocycles. The number of nitrogens with zero attached hydrogens (tertiary/aromatic N) is 1. The second-order valence-corrected chi connectivity index (χ2v) is 10.7. The van der Waals surface area contributed by atoms with Gasteiger partial charge in [0.25, 0.3) is 11.8 Å². The first-order valence-corrected chi connectivity index (χ1v) is 14.8. The van der Waals surface area contributed by atoms with E-state index in [4.69, 9.17) is 23.8 Å². The Balaban J connectivity index is 1.00. The van der Waals surface area contributed by atoms with Gasteiger partial charge in [-0.1, -0.05) is 6.42 Å². The van der Waals surface area contributed by atoms with Gasteiger partial charge in [-0.3, -0.25) is 14.4 Å². The molecule has 0 bridgehead atoms. The third-order valence-corrected chi connectivity index (χ3v) is 7.92. The molecule has 0 aromatic rings. The highest BCUT2D eigenvalue weighted by Gasteiger charge is 2.42. The van der Waals surface area contributed by atoms with Crippen molar-refractivity contribution in [2.24, 2.45) is 0 Å². The van der Waals surface area contributed by atoms with Gasteiger partial charge >= 0.3 is 12.0 Å². The smallest absolute Gasteiger partial charge is 0.335 e. The van der Waals surface area contributed by atoms with Crippen molar-refractivity contribution in [2.75, 3.05) is 65.2 Å². The standard InChI is InChI=1S/C25H40N4O10S/c30-20(4-2-1-3-19-24-18(17-40-19)27-25(34)28-24)26-8-10-36-12-14-38-16-15-37-13-11-35-9-7-23(33)39-29-21(31)5-6-22(29)32/h18-19,24H,1-17H2,(H,26,30)(H2,27,28,34)/t18-,19+,24-/m1/s1. The van der Waals surface area contributed by atoms with Gasteiger partial charge in [0.1, 0.15) is 0 Å². The van der Waals surface area contributed by atoms with Crippen LogP contribution in [0.4, 0.5) is 4.79 Å². The fraction of sp³-hybridized carbons (Fsp3) is 0.800. The van der Waals surface area contributed by atoms with Gasteiger partial charge in [0.05, 0.1) is 71.4 Å². The summed E-state index contributed by atoms with van der Waals surface area (Å²) in [6.07, 6.45) is 3.30. The summed E-state index contributed by atoms with van der Waals surface area (Å²) in [5.74, 6) is -0.764. The van der Waals surface area contributed by atoms with Crippen molar-refractivity contribution in [3.63, 3.8) is 0 Å². The number of rotatable bonds is 21. The lowest BCUT2D eigenvalue weighted by Crippen LogP contribution is -2.36. The molecule has 3 aliphatic rings. The zero-order valence-corrected chi connectivity index (χ0v) is 23.5. The number of hydrogen-bond acceptors (Lipinski definition) is 11. The first kappa shape index (κ1) is 32.1. The molecule has 3 atom stereocenters.